The Morgan fingerprint density at radius 2 is 2.04 bits per heavy atom. The first-order chi connectivity index (χ1) is 11.7. The summed E-state index contributed by atoms with van der Waals surface area (Å²) in [6.07, 6.45) is 1.54. The van der Waals surface area contributed by atoms with Gasteiger partial charge in [-0.1, -0.05) is 18.2 Å². The molecule has 0 fully saturated rings. The van der Waals surface area contributed by atoms with Gasteiger partial charge in [0.25, 0.3) is 0 Å². The lowest BCUT2D eigenvalue weighted by molar-refractivity contribution is 0.0933. The molecule has 2 N–H and O–H groups in total. The average molecular weight is 324 g/mol. The lowest BCUT2D eigenvalue weighted by Gasteiger charge is -2.04. The van der Waals surface area contributed by atoms with Crippen LogP contribution in [0.5, 0.6) is 5.75 Å². The molecule has 7 heteroatoms. The molecule has 7 nitrogen and oxygen atoms in total. The van der Waals surface area contributed by atoms with Crippen molar-refractivity contribution in [3.8, 4) is 5.75 Å². The number of nitrogens with zero attached hydrogens (tertiary/aromatic N) is 2. The molecule has 122 valence electrons. The normalized spacial score (nSPS) is 10.2. The number of aryl methyl sites for hydroxylation is 1. The molecule has 0 radical (unpaired) electrons. The van der Waals surface area contributed by atoms with E-state index in [2.05, 4.69) is 21.0 Å². The van der Waals surface area contributed by atoms with Crippen LogP contribution in [0.15, 0.2) is 59.1 Å². The number of anilines is 1. The van der Waals surface area contributed by atoms with Crippen molar-refractivity contribution in [1.29, 1.82) is 0 Å². The van der Waals surface area contributed by atoms with E-state index in [-0.39, 0.29) is 5.76 Å². The van der Waals surface area contributed by atoms with Crippen molar-refractivity contribution in [1.82, 2.24) is 15.6 Å². The van der Waals surface area contributed by atoms with Gasteiger partial charge in [0, 0.05) is 11.8 Å². The molecule has 0 aliphatic carbocycles. The standard InChI is InChI=1S/C17H16N4O3/c1-12-13(11-23-14-6-3-2-4-7-14)10-15(24-12)17(22)21-20-16-8-5-9-18-19-16/h2-10H,11H2,1H3,(H,19,20)(H,21,22). The quantitative estimate of drug-likeness (QED) is 0.678. The van der Waals surface area contributed by atoms with Gasteiger partial charge in [-0.3, -0.25) is 15.6 Å². The molecule has 3 rings (SSSR count). The fraction of sp³-hybridized carbons (Fsp3) is 0.118. The number of carbonyl (C=O) groups is 1. The number of carbonyl (C=O) groups excluding carboxylic acids is 1. The molecule has 2 heterocycles. The Labute approximate surface area is 138 Å². The molecule has 1 amide bonds. The summed E-state index contributed by atoms with van der Waals surface area (Å²) in [4.78, 5) is 12.1. The van der Waals surface area contributed by atoms with Crippen molar-refractivity contribution in [2.75, 3.05) is 5.43 Å². The largest absolute Gasteiger partial charge is 0.489 e. The van der Waals surface area contributed by atoms with Gasteiger partial charge in [0.1, 0.15) is 18.1 Å². The molecule has 0 aliphatic heterocycles. The first-order valence-corrected chi connectivity index (χ1v) is 7.33. The number of nitrogens with one attached hydrogen (secondary N) is 2. The fourth-order valence-corrected chi connectivity index (χ4v) is 2.00. The SMILES string of the molecule is Cc1oc(C(=O)NNc2cccnn2)cc1COc1ccccc1. The van der Waals surface area contributed by atoms with E-state index in [9.17, 15) is 4.79 Å². The lowest BCUT2D eigenvalue weighted by Crippen LogP contribution is -2.29. The minimum Gasteiger partial charge on any atom is -0.489 e. The number of aromatic nitrogens is 2. The van der Waals surface area contributed by atoms with Crippen LogP contribution in [0.4, 0.5) is 5.82 Å². The summed E-state index contributed by atoms with van der Waals surface area (Å²) in [6.45, 7) is 2.11. The van der Waals surface area contributed by atoms with E-state index in [1.165, 1.54) is 0 Å². The van der Waals surface area contributed by atoms with Gasteiger partial charge in [-0.25, -0.2) is 0 Å². The third-order valence-electron chi connectivity index (χ3n) is 3.26. The molecule has 0 unspecified atom stereocenters. The highest BCUT2D eigenvalue weighted by Crippen LogP contribution is 2.18. The van der Waals surface area contributed by atoms with Crippen molar-refractivity contribution in [2.24, 2.45) is 0 Å². The van der Waals surface area contributed by atoms with Crippen LogP contribution in [0.25, 0.3) is 0 Å². The molecule has 1 aromatic carbocycles. The number of hydrazine groups is 1. The van der Waals surface area contributed by atoms with E-state index < -0.39 is 5.91 Å². The van der Waals surface area contributed by atoms with E-state index in [0.29, 0.717) is 18.2 Å². The molecule has 0 aliphatic rings. The van der Waals surface area contributed by atoms with Crippen LogP contribution in [0.1, 0.15) is 21.9 Å². The summed E-state index contributed by atoms with van der Waals surface area (Å²) >= 11 is 0. The third kappa shape index (κ3) is 3.89. The predicted molar refractivity (Wildman–Crippen MR) is 87.3 cm³/mol. The van der Waals surface area contributed by atoms with Crippen molar-refractivity contribution in [3.05, 3.63) is 71.8 Å². The van der Waals surface area contributed by atoms with E-state index in [1.54, 1.807) is 31.3 Å². The Balaban J connectivity index is 1.59. The Hall–Kier alpha value is -3.35. The summed E-state index contributed by atoms with van der Waals surface area (Å²) in [6, 6.07) is 14.5. The molecule has 0 bridgehead atoms. The minimum atomic E-state index is -0.408. The minimum absolute atomic E-state index is 0.190. The van der Waals surface area contributed by atoms with E-state index in [0.717, 1.165) is 11.3 Å². The summed E-state index contributed by atoms with van der Waals surface area (Å²) in [5.74, 6) is 1.61. The Bertz CT molecular complexity index is 803. The summed E-state index contributed by atoms with van der Waals surface area (Å²) in [7, 11) is 0. The maximum atomic E-state index is 12.1. The Morgan fingerprint density at radius 3 is 2.79 bits per heavy atom. The van der Waals surface area contributed by atoms with E-state index in [4.69, 9.17) is 9.15 Å². The van der Waals surface area contributed by atoms with Gasteiger partial charge in [0.05, 0.1) is 0 Å². The third-order valence-corrected chi connectivity index (χ3v) is 3.26. The lowest BCUT2D eigenvalue weighted by atomic mass is 10.2. The molecule has 2 aromatic heterocycles. The Kier molecular flexibility index (Phi) is 4.71. The molecular weight excluding hydrogens is 308 g/mol. The van der Waals surface area contributed by atoms with Crippen LogP contribution in [0.2, 0.25) is 0 Å². The topological polar surface area (TPSA) is 89.3 Å². The molecular formula is C17H16N4O3. The number of furan rings is 1. The highest BCUT2D eigenvalue weighted by molar-refractivity contribution is 5.92. The molecule has 0 spiro atoms. The monoisotopic (exact) mass is 324 g/mol. The number of hydrogen-bond acceptors (Lipinski definition) is 6. The average Bonchev–Trinajstić information content (AvgIpc) is 3.00. The molecule has 24 heavy (non-hydrogen) atoms. The Morgan fingerprint density at radius 1 is 1.21 bits per heavy atom. The van der Waals surface area contributed by atoms with Crippen LogP contribution in [-0.2, 0) is 6.61 Å². The van der Waals surface area contributed by atoms with Gasteiger partial charge >= 0.3 is 5.91 Å². The van der Waals surface area contributed by atoms with Crippen molar-refractivity contribution in [2.45, 2.75) is 13.5 Å². The van der Waals surface area contributed by atoms with Crippen LogP contribution in [-0.4, -0.2) is 16.1 Å². The van der Waals surface area contributed by atoms with Gasteiger partial charge < -0.3 is 9.15 Å². The van der Waals surface area contributed by atoms with Crippen LogP contribution < -0.4 is 15.6 Å². The second-order valence-corrected chi connectivity index (χ2v) is 4.98. The summed E-state index contributed by atoms with van der Waals surface area (Å²) in [5, 5.41) is 7.51. The van der Waals surface area contributed by atoms with E-state index in [1.807, 2.05) is 30.3 Å². The second-order valence-electron chi connectivity index (χ2n) is 4.98. The zero-order chi connectivity index (χ0) is 16.8. The molecule has 0 atom stereocenters. The first kappa shape index (κ1) is 15.5. The van der Waals surface area contributed by atoms with Crippen molar-refractivity contribution < 1.29 is 13.9 Å². The van der Waals surface area contributed by atoms with Crippen LogP contribution >= 0.6 is 0 Å². The maximum absolute atomic E-state index is 12.1. The highest BCUT2D eigenvalue weighted by Gasteiger charge is 2.15. The van der Waals surface area contributed by atoms with Crippen LogP contribution in [0, 0.1) is 6.92 Å². The first-order valence-electron chi connectivity index (χ1n) is 7.33. The fourth-order valence-electron chi connectivity index (χ4n) is 2.00. The highest BCUT2D eigenvalue weighted by atomic mass is 16.5. The maximum Gasteiger partial charge on any atom is 0.305 e. The summed E-state index contributed by atoms with van der Waals surface area (Å²) < 4.78 is 11.2. The predicted octanol–water partition coefficient (Wildman–Crippen LogP) is 2.71. The number of rotatable bonds is 6. The second kappa shape index (κ2) is 7.28. The summed E-state index contributed by atoms with van der Waals surface area (Å²) in [5.41, 5.74) is 5.98. The molecule has 0 saturated carbocycles. The number of para-hydroxylation sites is 1. The van der Waals surface area contributed by atoms with Gasteiger partial charge in [0.2, 0.25) is 0 Å². The zero-order valence-electron chi connectivity index (χ0n) is 13.0. The zero-order valence-corrected chi connectivity index (χ0v) is 13.0. The van der Waals surface area contributed by atoms with Crippen molar-refractivity contribution in [3.63, 3.8) is 0 Å². The van der Waals surface area contributed by atoms with Crippen LogP contribution in [0.3, 0.4) is 0 Å². The number of benzene rings is 1. The van der Waals surface area contributed by atoms with Gasteiger partial charge in [-0.05, 0) is 37.3 Å². The smallest absolute Gasteiger partial charge is 0.305 e. The van der Waals surface area contributed by atoms with Gasteiger partial charge in [0.15, 0.2) is 11.6 Å². The van der Waals surface area contributed by atoms with Crippen molar-refractivity contribution >= 4 is 11.7 Å². The molecule has 0 saturated heterocycles. The van der Waals surface area contributed by atoms with E-state index >= 15 is 0 Å². The number of amides is 1. The van der Waals surface area contributed by atoms with Gasteiger partial charge in [-0.2, -0.15) is 5.10 Å². The molecule has 3 aromatic rings. The van der Waals surface area contributed by atoms with Gasteiger partial charge in [-0.15, -0.1) is 5.10 Å². The number of ether oxygens (including phenoxy) is 1. The number of hydrogen-bond donors (Lipinski definition) is 2.